The van der Waals surface area contributed by atoms with E-state index in [2.05, 4.69) is 22.5 Å². The molecule has 2 amide bonds. The Morgan fingerprint density at radius 3 is 2.56 bits per heavy atom. The average Bonchev–Trinajstić information content (AvgIpc) is 3.14. The van der Waals surface area contributed by atoms with E-state index in [0.717, 1.165) is 61.4 Å². The van der Waals surface area contributed by atoms with E-state index < -0.39 is 0 Å². The van der Waals surface area contributed by atoms with Crippen LogP contribution in [0.1, 0.15) is 63.5 Å². The lowest BCUT2D eigenvalue weighted by molar-refractivity contribution is 0.0625. The van der Waals surface area contributed by atoms with Crippen molar-refractivity contribution in [1.29, 1.82) is 0 Å². The van der Waals surface area contributed by atoms with Crippen molar-refractivity contribution in [2.75, 3.05) is 27.2 Å². The minimum absolute atomic E-state index is 0.0982. The Balaban J connectivity index is 1.53. The second kappa shape index (κ2) is 9.16. The summed E-state index contributed by atoms with van der Waals surface area (Å²) in [5.74, 6) is 0.770. The van der Waals surface area contributed by atoms with Crippen LogP contribution in [0.25, 0.3) is 0 Å². The number of nitrogens with one attached hydrogen (secondary N) is 1. The third-order valence-corrected chi connectivity index (χ3v) is 6.50. The number of piperidine rings is 1. The van der Waals surface area contributed by atoms with Gasteiger partial charge in [0.15, 0.2) is 5.76 Å². The highest BCUT2D eigenvalue weighted by atomic mass is 16.4. The number of nitrogens with zero attached hydrogens (tertiary/aromatic N) is 3. The van der Waals surface area contributed by atoms with Gasteiger partial charge in [-0.3, -0.25) is 9.59 Å². The minimum Gasteiger partial charge on any atom is -0.508 e. The topological polar surface area (TPSA) is 98.4 Å². The lowest BCUT2D eigenvalue weighted by atomic mass is 9.93. The number of hydrogen-bond acceptors (Lipinski definition) is 6. The number of hydrogen-bond donors (Lipinski definition) is 2. The van der Waals surface area contributed by atoms with Crippen molar-refractivity contribution in [3.63, 3.8) is 0 Å². The standard InChI is InChI=1S/C24H30N4O4/c1-15-21-19(25-26-23(30)16-7-9-18(29)10-8-16)5-4-6-20(21)32-22(15)24(31)28(3)17-11-13-27(2)14-12-17/h7-10,17,29H,4-6,11-14H2,1-3H3,(H,26,30)/b25-19+. The van der Waals surface area contributed by atoms with Crippen molar-refractivity contribution < 1.29 is 19.1 Å². The Hall–Kier alpha value is -3.13. The van der Waals surface area contributed by atoms with Crippen molar-refractivity contribution in [2.24, 2.45) is 5.10 Å². The molecule has 32 heavy (non-hydrogen) atoms. The van der Waals surface area contributed by atoms with Crippen molar-refractivity contribution in [3.05, 3.63) is 52.5 Å². The number of fused-ring (bicyclic) bond motifs is 1. The van der Waals surface area contributed by atoms with Gasteiger partial charge in [0.2, 0.25) is 0 Å². The van der Waals surface area contributed by atoms with Crippen LogP contribution >= 0.6 is 0 Å². The van der Waals surface area contributed by atoms with Crippen LogP contribution in [0.2, 0.25) is 0 Å². The summed E-state index contributed by atoms with van der Waals surface area (Å²) < 4.78 is 6.04. The molecule has 2 heterocycles. The van der Waals surface area contributed by atoms with Crippen LogP contribution in [0.4, 0.5) is 0 Å². The molecule has 2 N–H and O–H groups in total. The number of hydrazone groups is 1. The summed E-state index contributed by atoms with van der Waals surface area (Å²) >= 11 is 0. The lowest BCUT2D eigenvalue weighted by Gasteiger charge is -2.34. The van der Waals surface area contributed by atoms with Crippen LogP contribution in [0.3, 0.4) is 0 Å². The molecule has 1 saturated heterocycles. The molecule has 2 aliphatic rings. The van der Waals surface area contributed by atoms with Gasteiger partial charge in [-0.25, -0.2) is 5.43 Å². The maximum Gasteiger partial charge on any atom is 0.289 e. The zero-order valence-electron chi connectivity index (χ0n) is 18.9. The van der Waals surface area contributed by atoms with E-state index in [9.17, 15) is 14.7 Å². The van der Waals surface area contributed by atoms with E-state index in [1.165, 1.54) is 24.3 Å². The second-order valence-corrected chi connectivity index (χ2v) is 8.70. The molecule has 2 aromatic rings. The highest BCUT2D eigenvalue weighted by Gasteiger charge is 2.32. The number of phenols is 1. The Labute approximate surface area is 187 Å². The highest BCUT2D eigenvalue weighted by Crippen LogP contribution is 2.31. The summed E-state index contributed by atoms with van der Waals surface area (Å²) in [5, 5.41) is 13.8. The number of rotatable bonds is 4. The van der Waals surface area contributed by atoms with Gasteiger partial charge in [-0.15, -0.1) is 0 Å². The number of carbonyl (C=O) groups is 2. The SMILES string of the molecule is Cc1c(C(=O)N(C)C2CCN(C)CC2)oc2c1/C(=N/NC(=O)c1ccc(O)cc1)CCC2. The molecule has 4 rings (SSSR count). The fourth-order valence-electron chi connectivity index (χ4n) is 4.49. The quantitative estimate of drug-likeness (QED) is 0.716. The second-order valence-electron chi connectivity index (χ2n) is 8.70. The normalized spacial score (nSPS) is 18.4. The molecular weight excluding hydrogens is 408 g/mol. The number of amides is 2. The molecule has 0 spiro atoms. The average molecular weight is 439 g/mol. The molecule has 1 fully saturated rings. The van der Waals surface area contributed by atoms with Crippen LogP contribution in [0.15, 0.2) is 33.8 Å². The predicted molar refractivity (Wildman–Crippen MR) is 121 cm³/mol. The first-order valence-corrected chi connectivity index (χ1v) is 11.1. The summed E-state index contributed by atoms with van der Waals surface area (Å²) in [6, 6.07) is 6.20. The monoisotopic (exact) mass is 438 g/mol. The van der Waals surface area contributed by atoms with Gasteiger partial charge >= 0.3 is 0 Å². The van der Waals surface area contributed by atoms with Crippen LogP contribution in [0, 0.1) is 6.92 Å². The largest absolute Gasteiger partial charge is 0.508 e. The van der Waals surface area contributed by atoms with Gasteiger partial charge in [0.25, 0.3) is 11.8 Å². The Kier molecular flexibility index (Phi) is 6.32. The molecule has 1 aliphatic carbocycles. The third-order valence-electron chi connectivity index (χ3n) is 6.50. The van der Waals surface area contributed by atoms with Gasteiger partial charge in [-0.05, 0) is 77.0 Å². The molecule has 0 bridgehead atoms. The summed E-state index contributed by atoms with van der Waals surface area (Å²) in [4.78, 5) is 29.7. The molecule has 8 nitrogen and oxygen atoms in total. The van der Waals surface area contributed by atoms with Gasteiger partial charge in [0.1, 0.15) is 11.5 Å². The van der Waals surface area contributed by atoms with E-state index in [1.807, 2.05) is 18.9 Å². The molecule has 0 unspecified atom stereocenters. The molecule has 0 saturated carbocycles. The van der Waals surface area contributed by atoms with Gasteiger partial charge in [0, 0.05) is 36.2 Å². The number of likely N-dealkylation sites (tertiary alicyclic amines) is 1. The Morgan fingerprint density at radius 2 is 1.88 bits per heavy atom. The van der Waals surface area contributed by atoms with Crippen molar-refractivity contribution in [2.45, 2.75) is 45.1 Å². The highest BCUT2D eigenvalue weighted by molar-refractivity contribution is 6.07. The number of benzene rings is 1. The van der Waals surface area contributed by atoms with E-state index in [0.29, 0.717) is 17.7 Å². The maximum absolute atomic E-state index is 13.2. The summed E-state index contributed by atoms with van der Waals surface area (Å²) in [6.45, 7) is 3.85. The molecule has 0 atom stereocenters. The number of carbonyl (C=O) groups excluding carboxylic acids is 2. The first-order chi connectivity index (χ1) is 15.3. The van der Waals surface area contributed by atoms with Crippen LogP contribution in [-0.2, 0) is 6.42 Å². The zero-order valence-corrected chi connectivity index (χ0v) is 18.9. The number of furan rings is 1. The Bertz CT molecular complexity index is 1030. The van der Waals surface area contributed by atoms with Crippen molar-refractivity contribution in [1.82, 2.24) is 15.2 Å². The lowest BCUT2D eigenvalue weighted by Crippen LogP contribution is -2.44. The molecule has 170 valence electrons. The predicted octanol–water partition coefficient (Wildman–Crippen LogP) is 2.93. The molecular formula is C24H30N4O4. The smallest absolute Gasteiger partial charge is 0.289 e. The van der Waals surface area contributed by atoms with Gasteiger partial charge in [-0.1, -0.05) is 0 Å². The van der Waals surface area contributed by atoms with Gasteiger partial charge in [-0.2, -0.15) is 5.10 Å². The first kappa shape index (κ1) is 22.1. The summed E-state index contributed by atoms with van der Waals surface area (Å²) in [6.07, 6.45) is 4.18. The molecule has 8 heteroatoms. The summed E-state index contributed by atoms with van der Waals surface area (Å²) in [5.41, 5.74) is 5.34. The zero-order chi connectivity index (χ0) is 22.8. The van der Waals surface area contributed by atoms with Crippen molar-refractivity contribution in [3.8, 4) is 5.75 Å². The molecule has 1 aromatic carbocycles. The van der Waals surface area contributed by atoms with Gasteiger partial charge in [0.05, 0.1) is 5.71 Å². The van der Waals surface area contributed by atoms with Crippen molar-refractivity contribution >= 4 is 17.5 Å². The fraction of sp³-hybridized carbons (Fsp3) is 0.458. The van der Waals surface area contributed by atoms with Crippen LogP contribution in [-0.4, -0.2) is 65.7 Å². The Morgan fingerprint density at radius 1 is 1.19 bits per heavy atom. The number of aromatic hydroxyl groups is 1. The van der Waals surface area contributed by atoms with Crippen LogP contribution < -0.4 is 5.43 Å². The first-order valence-electron chi connectivity index (χ1n) is 11.1. The number of aryl methyl sites for hydroxylation is 1. The van der Waals surface area contributed by atoms with E-state index in [4.69, 9.17) is 4.42 Å². The molecule has 1 aromatic heterocycles. The molecule has 0 radical (unpaired) electrons. The maximum atomic E-state index is 13.2. The van der Waals surface area contributed by atoms with Gasteiger partial charge < -0.3 is 19.3 Å². The minimum atomic E-state index is -0.357. The van der Waals surface area contributed by atoms with E-state index in [1.54, 1.807) is 0 Å². The van der Waals surface area contributed by atoms with E-state index in [-0.39, 0.29) is 23.6 Å². The number of phenolic OH excluding ortho intramolecular Hbond substituents is 1. The summed E-state index contributed by atoms with van der Waals surface area (Å²) in [7, 11) is 3.95. The third kappa shape index (κ3) is 4.41. The fourth-order valence-corrected chi connectivity index (χ4v) is 4.49. The van der Waals surface area contributed by atoms with Crippen LogP contribution in [0.5, 0.6) is 5.75 Å². The van der Waals surface area contributed by atoms with E-state index >= 15 is 0 Å². The molecule has 1 aliphatic heterocycles.